The molecule has 2 saturated heterocycles. The van der Waals surface area contributed by atoms with Crippen LogP contribution in [0.25, 0.3) is 11.1 Å². The van der Waals surface area contributed by atoms with Crippen LogP contribution in [0.5, 0.6) is 0 Å². The highest BCUT2D eigenvalue weighted by atomic mass is 19.4. The molecule has 2 aliphatic heterocycles. The van der Waals surface area contributed by atoms with Crippen molar-refractivity contribution in [2.75, 3.05) is 30.3 Å². The molecule has 2 aromatic rings. The number of aryl methyl sites for hydroxylation is 1. The van der Waals surface area contributed by atoms with Crippen LogP contribution >= 0.6 is 0 Å². The number of carboxylic acid groups (broad SMARTS) is 1. The van der Waals surface area contributed by atoms with Gasteiger partial charge in [0.2, 0.25) is 5.95 Å². The first-order valence-corrected chi connectivity index (χ1v) is 10.2. The van der Waals surface area contributed by atoms with Crippen LogP contribution in [-0.4, -0.2) is 58.8 Å². The average molecular weight is 463 g/mol. The highest BCUT2D eigenvalue weighted by Crippen LogP contribution is 2.41. The fourth-order valence-corrected chi connectivity index (χ4v) is 4.53. The van der Waals surface area contributed by atoms with E-state index in [0.717, 1.165) is 19.6 Å². The molecule has 0 radical (unpaired) electrons. The maximum absolute atomic E-state index is 13.9. The van der Waals surface area contributed by atoms with Crippen molar-refractivity contribution in [3.63, 3.8) is 0 Å². The van der Waals surface area contributed by atoms with Crippen LogP contribution in [0.15, 0.2) is 4.42 Å². The summed E-state index contributed by atoms with van der Waals surface area (Å²) in [6.07, 6.45) is -3.00. The number of rotatable bonds is 1. The SMILES string of the molecule is Nc1nc(N2C[C@H]3CCCN[C@H]3C2)c2oc3c(c2n1)CC(F)(F)CC3.O=C(O)C(F)(F)F. The number of piperidine rings is 1. The number of hydrogen-bond donors (Lipinski definition) is 3. The normalized spacial score (nSPS) is 24.5. The maximum atomic E-state index is 13.9. The highest BCUT2D eigenvalue weighted by Gasteiger charge is 2.40. The summed E-state index contributed by atoms with van der Waals surface area (Å²) in [5, 5.41) is 10.7. The lowest BCUT2D eigenvalue weighted by Gasteiger charge is -2.24. The Morgan fingerprint density at radius 2 is 2.00 bits per heavy atom. The molecule has 5 rings (SSSR count). The minimum atomic E-state index is -5.08. The van der Waals surface area contributed by atoms with Crippen molar-refractivity contribution in [3.8, 4) is 0 Å². The van der Waals surface area contributed by atoms with Crippen LogP contribution in [0.4, 0.5) is 33.7 Å². The van der Waals surface area contributed by atoms with E-state index in [9.17, 15) is 22.0 Å². The van der Waals surface area contributed by atoms with Crippen LogP contribution in [0.2, 0.25) is 0 Å². The number of aromatic nitrogens is 2. The van der Waals surface area contributed by atoms with Gasteiger partial charge in [0.05, 0.1) is 0 Å². The van der Waals surface area contributed by atoms with Gasteiger partial charge in [-0.2, -0.15) is 18.2 Å². The molecular weight excluding hydrogens is 441 g/mol. The van der Waals surface area contributed by atoms with Crippen LogP contribution in [-0.2, 0) is 17.6 Å². The molecule has 2 aromatic heterocycles. The second-order valence-electron chi connectivity index (χ2n) is 8.29. The predicted octanol–water partition coefficient (Wildman–Crippen LogP) is 2.75. The summed E-state index contributed by atoms with van der Waals surface area (Å²) in [5.41, 5.74) is 7.37. The molecule has 0 bridgehead atoms. The van der Waals surface area contributed by atoms with E-state index in [-0.39, 0.29) is 25.2 Å². The van der Waals surface area contributed by atoms with E-state index in [0.29, 0.717) is 40.2 Å². The molecule has 2 atom stereocenters. The Labute approximate surface area is 179 Å². The largest absolute Gasteiger partial charge is 0.490 e. The van der Waals surface area contributed by atoms with Gasteiger partial charge in [0.25, 0.3) is 5.92 Å². The number of carboxylic acids is 1. The van der Waals surface area contributed by atoms with E-state index in [4.69, 9.17) is 20.1 Å². The van der Waals surface area contributed by atoms with Crippen LogP contribution in [0, 0.1) is 5.92 Å². The monoisotopic (exact) mass is 463 g/mol. The Morgan fingerprint density at radius 3 is 2.66 bits per heavy atom. The van der Waals surface area contributed by atoms with Gasteiger partial charge in [-0.15, -0.1) is 0 Å². The van der Waals surface area contributed by atoms with Crippen molar-refractivity contribution < 1.29 is 36.3 Å². The second kappa shape index (κ2) is 8.01. The third-order valence-corrected chi connectivity index (χ3v) is 6.01. The van der Waals surface area contributed by atoms with E-state index < -0.39 is 18.1 Å². The first kappa shape index (κ1) is 22.5. The maximum Gasteiger partial charge on any atom is 0.490 e. The summed E-state index contributed by atoms with van der Waals surface area (Å²) in [6.45, 7) is 2.75. The number of furan rings is 1. The lowest BCUT2D eigenvalue weighted by Crippen LogP contribution is -2.40. The van der Waals surface area contributed by atoms with E-state index in [1.807, 2.05) is 0 Å². The quantitative estimate of drug-likeness (QED) is 0.553. The molecule has 0 spiro atoms. The third-order valence-electron chi connectivity index (χ3n) is 6.01. The topological polar surface area (TPSA) is 118 Å². The molecule has 1 aliphatic carbocycles. The number of fused-ring (bicyclic) bond motifs is 4. The molecule has 4 heterocycles. The molecular formula is C19H22F5N5O3. The van der Waals surface area contributed by atoms with Gasteiger partial charge in [-0.3, -0.25) is 0 Å². The number of hydrogen-bond acceptors (Lipinski definition) is 7. The molecule has 4 N–H and O–H groups in total. The molecule has 3 aliphatic rings. The predicted molar refractivity (Wildman–Crippen MR) is 104 cm³/mol. The number of anilines is 2. The molecule has 0 saturated carbocycles. The van der Waals surface area contributed by atoms with Crippen LogP contribution in [0.3, 0.4) is 0 Å². The van der Waals surface area contributed by atoms with Gasteiger partial charge < -0.3 is 25.5 Å². The van der Waals surface area contributed by atoms with Crippen LogP contribution < -0.4 is 16.0 Å². The minimum absolute atomic E-state index is 0.114. The molecule has 176 valence electrons. The minimum Gasteiger partial charge on any atom is -0.475 e. The van der Waals surface area contributed by atoms with Gasteiger partial charge >= 0.3 is 12.1 Å². The molecule has 32 heavy (non-hydrogen) atoms. The zero-order valence-corrected chi connectivity index (χ0v) is 16.9. The summed E-state index contributed by atoms with van der Waals surface area (Å²) in [4.78, 5) is 19.7. The Hall–Kier alpha value is -2.70. The second-order valence-corrected chi connectivity index (χ2v) is 8.29. The summed E-state index contributed by atoms with van der Waals surface area (Å²) in [6, 6.07) is 0.439. The Balaban J connectivity index is 0.000000307. The third kappa shape index (κ3) is 4.43. The standard InChI is InChI=1S/C17H21F2N5O.C2HF3O2/c18-17(19)4-3-12-10(6-17)13-14(25-12)15(23-16(20)22-13)24-7-9-2-1-5-21-11(9)8-24;3-2(4,5)1(6)7/h9,11,21H,1-8H2,(H2,20,22,23);(H,6,7)/t9-,11+;/m1./s1. The van der Waals surface area contributed by atoms with Gasteiger partial charge in [0.15, 0.2) is 11.4 Å². The van der Waals surface area contributed by atoms with Crippen molar-refractivity contribution in [1.82, 2.24) is 15.3 Å². The number of carbonyl (C=O) groups is 1. The lowest BCUT2D eigenvalue weighted by molar-refractivity contribution is -0.192. The number of aliphatic carboxylic acids is 1. The highest BCUT2D eigenvalue weighted by molar-refractivity contribution is 5.89. The number of nitrogens with two attached hydrogens (primary N) is 1. The molecule has 8 nitrogen and oxygen atoms in total. The molecule has 2 fully saturated rings. The average Bonchev–Trinajstić information content (AvgIpc) is 3.28. The number of halogens is 5. The van der Waals surface area contributed by atoms with Gasteiger partial charge in [0.1, 0.15) is 11.3 Å². The van der Waals surface area contributed by atoms with Gasteiger partial charge in [-0.1, -0.05) is 0 Å². The number of nitrogen functional groups attached to an aromatic ring is 1. The molecule has 0 amide bonds. The van der Waals surface area contributed by atoms with E-state index in [1.54, 1.807) is 0 Å². The fourth-order valence-electron chi connectivity index (χ4n) is 4.53. The number of nitrogens with zero attached hydrogens (tertiary/aromatic N) is 3. The summed E-state index contributed by atoms with van der Waals surface area (Å²) >= 11 is 0. The van der Waals surface area contributed by atoms with E-state index >= 15 is 0 Å². The van der Waals surface area contributed by atoms with Crippen molar-refractivity contribution in [1.29, 1.82) is 0 Å². The number of nitrogens with one attached hydrogen (secondary N) is 1. The Kier molecular flexibility index (Phi) is 5.63. The molecule has 0 aromatic carbocycles. The first-order valence-electron chi connectivity index (χ1n) is 10.2. The van der Waals surface area contributed by atoms with E-state index in [2.05, 4.69) is 20.2 Å². The van der Waals surface area contributed by atoms with Gasteiger partial charge in [-0.05, 0) is 25.3 Å². The molecule has 13 heteroatoms. The molecule has 0 unspecified atom stereocenters. The zero-order valence-electron chi connectivity index (χ0n) is 16.9. The smallest absolute Gasteiger partial charge is 0.475 e. The van der Waals surface area contributed by atoms with Crippen molar-refractivity contribution in [3.05, 3.63) is 11.3 Å². The van der Waals surface area contributed by atoms with Crippen molar-refractivity contribution >= 4 is 28.8 Å². The van der Waals surface area contributed by atoms with Gasteiger partial charge in [0, 0.05) is 44.0 Å². The number of alkyl halides is 5. The summed E-state index contributed by atoms with van der Waals surface area (Å²) < 4.78 is 65.4. The van der Waals surface area contributed by atoms with Crippen molar-refractivity contribution in [2.24, 2.45) is 5.92 Å². The lowest BCUT2D eigenvalue weighted by atomic mass is 9.94. The van der Waals surface area contributed by atoms with Crippen molar-refractivity contribution in [2.45, 2.75) is 50.2 Å². The van der Waals surface area contributed by atoms with E-state index in [1.165, 1.54) is 12.8 Å². The first-order chi connectivity index (χ1) is 14.9. The van der Waals surface area contributed by atoms with Crippen LogP contribution in [0.1, 0.15) is 30.6 Å². The zero-order chi connectivity index (χ0) is 23.3. The summed E-state index contributed by atoms with van der Waals surface area (Å²) in [7, 11) is 0. The van der Waals surface area contributed by atoms with Gasteiger partial charge in [-0.25, -0.2) is 18.6 Å². The Morgan fingerprint density at radius 1 is 1.28 bits per heavy atom. The fraction of sp³-hybridized carbons (Fsp3) is 0.632. The Bertz CT molecular complexity index is 1010. The summed E-state index contributed by atoms with van der Waals surface area (Å²) in [5.74, 6) is -3.52.